The molecule has 38 heavy (non-hydrogen) atoms. The molecule has 210 valence electrons. The second kappa shape index (κ2) is 12.9. The number of piperidine rings is 1. The summed E-state index contributed by atoms with van der Waals surface area (Å²) in [4.78, 5) is 25.3. The van der Waals surface area contributed by atoms with E-state index in [9.17, 15) is 27.2 Å². The van der Waals surface area contributed by atoms with Gasteiger partial charge in [-0.3, -0.25) is 19.3 Å². The van der Waals surface area contributed by atoms with Gasteiger partial charge in [0.15, 0.2) is 0 Å². The van der Waals surface area contributed by atoms with E-state index in [1.54, 1.807) is 12.1 Å². The molecule has 0 aliphatic carbocycles. The van der Waals surface area contributed by atoms with Gasteiger partial charge in [0.05, 0.1) is 18.6 Å². The summed E-state index contributed by atoms with van der Waals surface area (Å²) in [6.07, 6.45) is 0.148. The number of hydrogen-bond donors (Lipinski definition) is 2. The number of aromatic nitrogens is 2. The first-order valence-electron chi connectivity index (χ1n) is 12.4. The van der Waals surface area contributed by atoms with Crippen LogP contribution in [0.15, 0.2) is 29.2 Å². The monoisotopic (exact) mass is 541 g/mol. The predicted octanol–water partition coefficient (Wildman–Crippen LogP) is 5.48. The third-order valence-corrected chi connectivity index (χ3v) is 6.05. The van der Waals surface area contributed by atoms with Crippen molar-refractivity contribution in [3.05, 3.63) is 42.0 Å². The molecular formula is C26H35F4N5O3. The molecule has 0 radical (unpaired) electrons. The Labute approximate surface area is 219 Å². The van der Waals surface area contributed by atoms with Crippen LogP contribution >= 0.6 is 0 Å². The molecule has 12 heteroatoms. The fourth-order valence-electron chi connectivity index (χ4n) is 4.20. The van der Waals surface area contributed by atoms with E-state index in [4.69, 9.17) is 4.42 Å². The zero-order valence-electron chi connectivity index (χ0n) is 22.3. The summed E-state index contributed by atoms with van der Waals surface area (Å²) in [5.41, 5.74) is 0.844. The van der Waals surface area contributed by atoms with Crippen molar-refractivity contribution in [1.29, 1.82) is 0 Å². The smallest absolute Gasteiger partial charge is 0.316 e. The highest BCUT2D eigenvalue weighted by Gasteiger charge is 2.40. The van der Waals surface area contributed by atoms with E-state index >= 15 is 0 Å². The number of allylic oxidation sites excluding steroid dienone is 1. The van der Waals surface area contributed by atoms with E-state index in [1.807, 2.05) is 25.7 Å². The number of halogens is 4. The topological polar surface area (TPSA) is 100 Å². The van der Waals surface area contributed by atoms with Crippen LogP contribution in [-0.4, -0.2) is 53.7 Å². The number of imide groups is 1. The summed E-state index contributed by atoms with van der Waals surface area (Å²) < 4.78 is 55.9. The lowest BCUT2D eigenvalue weighted by atomic mass is 9.88. The summed E-state index contributed by atoms with van der Waals surface area (Å²) in [6.45, 7) is 11.6. The molecule has 1 aromatic carbocycles. The molecule has 1 aromatic heterocycles. The van der Waals surface area contributed by atoms with Crippen LogP contribution in [-0.2, 0) is 9.59 Å². The lowest BCUT2D eigenvalue weighted by Crippen LogP contribution is -2.64. The Bertz CT molecular complexity index is 1130. The minimum absolute atomic E-state index is 0.0383. The molecule has 2 aliphatic heterocycles. The number of hydrogen-bond acceptors (Lipinski definition) is 7. The molecule has 0 saturated carbocycles. The molecule has 0 bridgehead atoms. The van der Waals surface area contributed by atoms with Crippen LogP contribution in [0.4, 0.5) is 29.3 Å². The molecule has 0 spiro atoms. The van der Waals surface area contributed by atoms with Crippen molar-refractivity contribution in [2.75, 3.05) is 30.5 Å². The molecule has 4 rings (SSSR count). The van der Waals surface area contributed by atoms with E-state index in [0.29, 0.717) is 31.5 Å². The third-order valence-electron chi connectivity index (χ3n) is 6.05. The summed E-state index contributed by atoms with van der Waals surface area (Å²) >= 11 is 0. The highest BCUT2D eigenvalue weighted by molar-refractivity contribution is 6.01. The Morgan fingerprint density at radius 2 is 1.92 bits per heavy atom. The average Bonchev–Trinajstić information content (AvgIpc) is 3.32. The van der Waals surface area contributed by atoms with E-state index in [1.165, 1.54) is 6.07 Å². The molecular weight excluding hydrogens is 506 g/mol. The van der Waals surface area contributed by atoms with Gasteiger partial charge in [-0.25, -0.2) is 13.2 Å². The van der Waals surface area contributed by atoms with Crippen LogP contribution in [0.2, 0.25) is 0 Å². The number of benzene rings is 1. The van der Waals surface area contributed by atoms with E-state index in [0.717, 1.165) is 6.92 Å². The molecule has 1 atom stereocenters. The Balaban J connectivity index is 0.00000121. The second-order valence-corrected chi connectivity index (χ2v) is 9.34. The van der Waals surface area contributed by atoms with Gasteiger partial charge in [0.1, 0.15) is 5.82 Å². The first-order valence-corrected chi connectivity index (χ1v) is 12.4. The summed E-state index contributed by atoms with van der Waals surface area (Å²) in [6, 6.07) is 4.88. The summed E-state index contributed by atoms with van der Waals surface area (Å²) in [5.74, 6) is -4.68. The standard InChI is InChI=1S/C23H26F3N5O3.C2H6.CH3F/c1-13(8-9-23(3,25)26)20-29-30-21(34-20)28-22(2)11-31(12-22)14-4-5-15(17(24)10-14)16-6-7-18(32)27-19(16)33;2*1-2/h4-5,10,16H,1,6-9,11-12H2,2-3H3,(H,28,30)(H,27,32,33);1-2H3;1H3. The second-order valence-electron chi connectivity index (χ2n) is 9.34. The average molecular weight is 542 g/mol. The lowest BCUT2D eigenvalue weighted by Gasteiger charge is -2.49. The number of amides is 2. The first kappa shape index (κ1) is 30.8. The number of nitrogens with zero attached hydrogens (tertiary/aromatic N) is 3. The van der Waals surface area contributed by atoms with E-state index in [2.05, 4.69) is 27.4 Å². The normalized spacial score (nSPS) is 18.2. The molecule has 3 heterocycles. The number of carbonyl (C=O) groups is 2. The Morgan fingerprint density at radius 1 is 1.26 bits per heavy atom. The van der Waals surface area contributed by atoms with Crippen LogP contribution in [0.5, 0.6) is 0 Å². The van der Waals surface area contributed by atoms with Gasteiger partial charge in [-0.05, 0) is 38.8 Å². The van der Waals surface area contributed by atoms with E-state index < -0.39 is 29.1 Å². The van der Waals surface area contributed by atoms with Gasteiger partial charge in [0.25, 0.3) is 0 Å². The molecule has 2 fully saturated rings. The molecule has 2 aliphatic rings. The minimum Gasteiger partial charge on any atom is -0.404 e. The minimum atomic E-state index is -2.80. The van der Waals surface area contributed by atoms with E-state index in [-0.39, 0.29) is 49.1 Å². The number of carbonyl (C=O) groups excluding carboxylic acids is 2. The zero-order chi connectivity index (χ0) is 28.7. The van der Waals surface area contributed by atoms with Crippen LogP contribution in [0.25, 0.3) is 5.57 Å². The number of nitrogens with one attached hydrogen (secondary N) is 2. The van der Waals surface area contributed by atoms with Crippen molar-refractivity contribution in [3.63, 3.8) is 0 Å². The molecule has 2 N–H and O–H groups in total. The van der Waals surface area contributed by atoms with Crippen molar-refractivity contribution < 1.29 is 31.6 Å². The first-order chi connectivity index (χ1) is 17.9. The highest BCUT2D eigenvalue weighted by atomic mass is 19.3. The van der Waals surface area contributed by atoms with Crippen molar-refractivity contribution >= 4 is 29.1 Å². The van der Waals surface area contributed by atoms with Gasteiger partial charge in [-0.2, -0.15) is 0 Å². The quantitative estimate of drug-likeness (QED) is 0.337. The Hall–Kier alpha value is -3.44. The lowest BCUT2D eigenvalue weighted by molar-refractivity contribution is -0.134. The maximum Gasteiger partial charge on any atom is 0.316 e. The molecule has 2 saturated heterocycles. The van der Waals surface area contributed by atoms with Crippen molar-refractivity contribution in [1.82, 2.24) is 15.5 Å². The van der Waals surface area contributed by atoms with Crippen LogP contribution in [0, 0.1) is 5.82 Å². The number of rotatable bonds is 8. The van der Waals surface area contributed by atoms with Gasteiger partial charge in [-0.15, -0.1) is 5.10 Å². The Morgan fingerprint density at radius 3 is 2.50 bits per heavy atom. The Kier molecular flexibility index (Phi) is 10.4. The molecule has 1 unspecified atom stereocenters. The number of anilines is 2. The van der Waals surface area contributed by atoms with Crippen molar-refractivity contribution in [2.24, 2.45) is 0 Å². The van der Waals surface area contributed by atoms with Crippen LogP contribution in [0.1, 0.15) is 70.8 Å². The van der Waals surface area contributed by atoms with Gasteiger partial charge in [0, 0.05) is 42.8 Å². The van der Waals surface area contributed by atoms with Crippen LogP contribution in [0.3, 0.4) is 0 Å². The molecule has 8 nitrogen and oxygen atoms in total. The largest absolute Gasteiger partial charge is 0.404 e. The SMILES string of the molecule is C=C(CCC(C)(F)F)c1nnc(NC2(C)CN(c3ccc(C4CCC(=O)NC4=O)c(F)c3)C2)o1.CC.CF. The fourth-order valence-corrected chi connectivity index (χ4v) is 4.20. The molecule has 2 amide bonds. The molecule has 2 aromatic rings. The summed E-state index contributed by atoms with van der Waals surface area (Å²) in [5, 5.41) is 13.2. The van der Waals surface area contributed by atoms with Crippen LogP contribution < -0.4 is 15.5 Å². The van der Waals surface area contributed by atoms with Gasteiger partial charge in [-0.1, -0.05) is 31.6 Å². The van der Waals surface area contributed by atoms with Gasteiger partial charge in [0.2, 0.25) is 23.6 Å². The maximum absolute atomic E-state index is 14.8. The number of alkyl halides is 3. The van der Waals surface area contributed by atoms with Gasteiger partial charge < -0.3 is 14.6 Å². The summed E-state index contributed by atoms with van der Waals surface area (Å²) in [7, 11) is 0.500. The third kappa shape index (κ3) is 7.78. The predicted molar refractivity (Wildman–Crippen MR) is 137 cm³/mol. The zero-order valence-corrected chi connectivity index (χ0v) is 22.3. The fraction of sp³-hybridized carbons (Fsp3) is 0.538. The highest BCUT2D eigenvalue weighted by Crippen LogP contribution is 2.34. The van der Waals surface area contributed by atoms with Gasteiger partial charge >= 0.3 is 6.01 Å². The van der Waals surface area contributed by atoms with Crippen molar-refractivity contribution in [3.8, 4) is 0 Å². The van der Waals surface area contributed by atoms with Crippen molar-refractivity contribution in [2.45, 2.75) is 70.8 Å². The maximum atomic E-state index is 14.8.